The van der Waals surface area contributed by atoms with Crippen molar-refractivity contribution in [1.82, 2.24) is 0 Å². The molecule has 0 aromatic heterocycles. The first-order valence-electron chi connectivity index (χ1n) is 3.76. The molecule has 5 nitrogen and oxygen atoms in total. The Balaban J connectivity index is -0.000000177. The largest absolute Gasteiger partial charge is 1.00 e. The summed E-state index contributed by atoms with van der Waals surface area (Å²) in [6, 6.07) is 0. The minimum atomic E-state index is -4.51. The Morgan fingerprint density at radius 3 is 1.86 bits per heavy atom. The zero-order valence-corrected chi connectivity index (χ0v) is 11.7. The Morgan fingerprint density at radius 2 is 1.79 bits per heavy atom. The van der Waals surface area contributed by atoms with Crippen LogP contribution in [-0.4, -0.2) is 32.8 Å². The zero-order chi connectivity index (χ0) is 10.7. The molecule has 0 atom stereocenters. The average Bonchev–Trinajstić information content (AvgIpc) is 2.02. The SMILES string of the molecule is C=CCOS(=O)(=O)[O-].CCOCC.[Na+]. The van der Waals surface area contributed by atoms with Gasteiger partial charge in [0, 0.05) is 13.2 Å². The molecule has 14 heavy (non-hydrogen) atoms. The van der Waals surface area contributed by atoms with Crippen LogP contribution in [0.1, 0.15) is 13.8 Å². The maximum Gasteiger partial charge on any atom is 1.00 e. The molecule has 0 fully saturated rings. The van der Waals surface area contributed by atoms with Crippen molar-refractivity contribution in [3.8, 4) is 0 Å². The Kier molecular flexibility index (Phi) is 19.4. The van der Waals surface area contributed by atoms with Gasteiger partial charge >= 0.3 is 29.6 Å². The predicted molar refractivity (Wildman–Crippen MR) is 48.0 cm³/mol. The molecule has 0 radical (unpaired) electrons. The summed E-state index contributed by atoms with van der Waals surface area (Å²) in [5.74, 6) is 0. The van der Waals surface area contributed by atoms with Crippen molar-refractivity contribution in [3.05, 3.63) is 12.7 Å². The Labute approximate surface area is 108 Å². The van der Waals surface area contributed by atoms with Gasteiger partial charge in [0.1, 0.15) is 0 Å². The van der Waals surface area contributed by atoms with Gasteiger partial charge in [0.05, 0.1) is 6.61 Å². The van der Waals surface area contributed by atoms with E-state index >= 15 is 0 Å². The summed E-state index contributed by atoms with van der Waals surface area (Å²) >= 11 is 0. The van der Waals surface area contributed by atoms with Gasteiger partial charge in [-0.25, -0.2) is 8.42 Å². The third-order valence-corrected chi connectivity index (χ3v) is 1.16. The number of hydrogen-bond acceptors (Lipinski definition) is 5. The molecule has 0 unspecified atom stereocenters. The summed E-state index contributed by atoms with van der Waals surface area (Å²) in [7, 11) is -4.51. The maximum atomic E-state index is 9.56. The van der Waals surface area contributed by atoms with Gasteiger partial charge in [-0.15, -0.1) is 6.58 Å². The molecule has 0 bridgehead atoms. The van der Waals surface area contributed by atoms with Crippen molar-refractivity contribution in [2.45, 2.75) is 13.8 Å². The minimum Gasteiger partial charge on any atom is -0.726 e. The minimum absolute atomic E-state index is 0. The topological polar surface area (TPSA) is 75.7 Å². The van der Waals surface area contributed by atoms with Crippen LogP contribution in [0.15, 0.2) is 12.7 Å². The Hall–Kier alpha value is 0.570. The van der Waals surface area contributed by atoms with Crippen molar-refractivity contribution in [1.29, 1.82) is 0 Å². The van der Waals surface area contributed by atoms with Crippen LogP contribution in [-0.2, 0) is 19.3 Å². The Morgan fingerprint density at radius 1 is 1.36 bits per heavy atom. The van der Waals surface area contributed by atoms with Crippen LogP contribution in [0.4, 0.5) is 0 Å². The fourth-order valence-corrected chi connectivity index (χ4v) is 0.598. The first kappa shape index (κ1) is 20.0. The van der Waals surface area contributed by atoms with E-state index in [-0.39, 0.29) is 36.2 Å². The summed E-state index contributed by atoms with van der Waals surface area (Å²) in [6.07, 6.45) is 1.18. The van der Waals surface area contributed by atoms with Crippen molar-refractivity contribution in [2.75, 3.05) is 19.8 Å². The van der Waals surface area contributed by atoms with Gasteiger partial charge in [0.15, 0.2) is 0 Å². The molecule has 0 aromatic carbocycles. The monoisotopic (exact) mass is 234 g/mol. The molecule has 0 aliphatic carbocycles. The molecule has 0 amide bonds. The molecule has 0 N–H and O–H groups in total. The first-order valence-corrected chi connectivity index (χ1v) is 5.10. The molecule has 0 saturated carbocycles. The summed E-state index contributed by atoms with van der Waals surface area (Å²) in [4.78, 5) is 0. The van der Waals surface area contributed by atoms with Crippen LogP contribution in [0.2, 0.25) is 0 Å². The average molecular weight is 234 g/mol. The normalized spacial score (nSPS) is 9.36. The number of hydrogen-bond donors (Lipinski definition) is 0. The van der Waals surface area contributed by atoms with Gasteiger partial charge in [-0.2, -0.15) is 0 Å². The quantitative estimate of drug-likeness (QED) is 0.231. The van der Waals surface area contributed by atoms with E-state index in [1.807, 2.05) is 13.8 Å². The van der Waals surface area contributed by atoms with Crippen LogP contribution < -0.4 is 29.6 Å². The second-order valence-electron chi connectivity index (χ2n) is 1.76. The van der Waals surface area contributed by atoms with Crippen LogP contribution in [0.5, 0.6) is 0 Å². The van der Waals surface area contributed by atoms with Gasteiger partial charge in [-0.05, 0) is 13.8 Å². The van der Waals surface area contributed by atoms with E-state index < -0.39 is 10.4 Å². The van der Waals surface area contributed by atoms with Crippen molar-refractivity contribution in [2.24, 2.45) is 0 Å². The van der Waals surface area contributed by atoms with Gasteiger partial charge in [-0.1, -0.05) is 6.08 Å². The smallest absolute Gasteiger partial charge is 0.726 e. The Bertz CT molecular complexity index is 200. The second-order valence-corrected chi connectivity index (χ2v) is 2.82. The van der Waals surface area contributed by atoms with Gasteiger partial charge in [-0.3, -0.25) is 4.18 Å². The molecule has 0 heterocycles. The summed E-state index contributed by atoms with van der Waals surface area (Å²) in [5.41, 5.74) is 0. The summed E-state index contributed by atoms with van der Waals surface area (Å²) in [5, 5.41) is 0. The third-order valence-electron chi connectivity index (χ3n) is 0.738. The van der Waals surface area contributed by atoms with Crippen LogP contribution in [0, 0.1) is 0 Å². The molecular weight excluding hydrogens is 219 g/mol. The number of rotatable bonds is 5. The summed E-state index contributed by atoms with van der Waals surface area (Å²) in [6.45, 7) is 8.54. The molecular formula is C7H15NaO5S. The molecule has 0 spiro atoms. The van der Waals surface area contributed by atoms with E-state index in [9.17, 15) is 13.0 Å². The van der Waals surface area contributed by atoms with E-state index in [4.69, 9.17) is 4.74 Å². The standard InChI is InChI=1S/C4H10O.C3H6O4S.Na/c1-3-5-4-2;1-2-3-7-8(4,5)6;/h3-4H2,1-2H3;2H,1,3H2,(H,4,5,6);/q;;+1/p-1. The van der Waals surface area contributed by atoms with Crippen molar-refractivity contribution >= 4 is 10.4 Å². The van der Waals surface area contributed by atoms with Crippen LogP contribution >= 0.6 is 0 Å². The molecule has 0 saturated heterocycles. The van der Waals surface area contributed by atoms with Gasteiger partial charge < -0.3 is 9.29 Å². The van der Waals surface area contributed by atoms with Crippen LogP contribution in [0.25, 0.3) is 0 Å². The fourth-order valence-electron chi connectivity index (χ4n) is 0.336. The predicted octanol–water partition coefficient (Wildman–Crippen LogP) is -2.30. The summed E-state index contributed by atoms with van der Waals surface area (Å²) < 4.78 is 37.2. The molecule has 0 aliphatic rings. The van der Waals surface area contributed by atoms with E-state index in [1.165, 1.54) is 6.08 Å². The molecule has 0 aromatic rings. The zero-order valence-electron chi connectivity index (χ0n) is 8.86. The first-order chi connectivity index (χ1) is 5.97. The second kappa shape index (κ2) is 13.6. The van der Waals surface area contributed by atoms with E-state index in [1.54, 1.807) is 0 Å². The van der Waals surface area contributed by atoms with Crippen molar-refractivity contribution < 1.29 is 51.4 Å². The number of ether oxygens (including phenoxy) is 1. The van der Waals surface area contributed by atoms with E-state index in [0.717, 1.165) is 13.2 Å². The molecule has 0 aliphatic heterocycles. The molecule has 80 valence electrons. The third kappa shape index (κ3) is 29.4. The van der Waals surface area contributed by atoms with E-state index in [0.29, 0.717) is 0 Å². The van der Waals surface area contributed by atoms with Crippen LogP contribution in [0.3, 0.4) is 0 Å². The molecule has 7 heteroatoms. The van der Waals surface area contributed by atoms with Gasteiger partial charge in [0.25, 0.3) is 0 Å². The van der Waals surface area contributed by atoms with Gasteiger partial charge in [0.2, 0.25) is 10.4 Å². The van der Waals surface area contributed by atoms with E-state index in [2.05, 4.69) is 10.8 Å². The van der Waals surface area contributed by atoms with Crippen molar-refractivity contribution in [3.63, 3.8) is 0 Å². The molecule has 0 rings (SSSR count). The fraction of sp³-hybridized carbons (Fsp3) is 0.714. The maximum absolute atomic E-state index is 9.56.